The van der Waals surface area contributed by atoms with E-state index >= 15 is 0 Å². The number of amides is 1. The number of likely N-dealkylation sites (tertiary alicyclic amines) is 1. The largest absolute Gasteiger partial charge is 0.462 e. The van der Waals surface area contributed by atoms with Crippen molar-refractivity contribution in [2.24, 2.45) is 0 Å². The highest BCUT2D eigenvalue weighted by molar-refractivity contribution is 6.34. The Balaban J connectivity index is 1.30. The summed E-state index contributed by atoms with van der Waals surface area (Å²) >= 11 is 6.39. The van der Waals surface area contributed by atoms with Crippen LogP contribution in [-0.4, -0.2) is 42.3 Å². The molecule has 1 saturated heterocycles. The molecule has 5 nitrogen and oxygen atoms in total. The van der Waals surface area contributed by atoms with Gasteiger partial charge < -0.3 is 14.8 Å². The SMILES string of the molecule is CCNC(=O)c1ccc(-c2ccc3c(c2)COC2(CCN(C4CCC4)CC2)O3)cc1Cl. The second-order valence-corrected chi connectivity index (χ2v) is 9.21. The quantitative estimate of drug-likeness (QED) is 0.726. The molecule has 2 heterocycles. The predicted molar refractivity (Wildman–Crippen MR) is 121 cm³/mol. The van der Waals surface area contributed by atoms with E-state index in [9.17, 15) is 4.79 Å². The molecule has 1 N–H and O–H groups in total. The van der Waals surface area contributed by atoms with Crippen LogP contribution in [0.2, 0.25) is 5.02 Å². The van der Waals surface area contributed by atoms with Gasteiger partial charge in [0.1, 0.15) is 5.75 Å². The molecule has 5 rings (SSSR count). The fraction of sp³-hybridized carbons (Fsp3) is 0.480. The normalized spacial score (nSPS) is 20.6. The molecular formula is C25H29ClN2O3. The lowest BCUT2D eigenvalue weighted by atomic mass is 9.89. The standard InChI is InChI=1S/C25H29ClN2O3/c1-2-27-24(29)21-8-6-18(15-22(21)26)17-7-9-23-19(14-17)16-30-25(31-23)10-12-28(13-11-25)20-4-3-5-20/h6-9,14-15,20H,2-5,10-13,16H2,1H3,(H,27,29). The Bertz CT molecular complexity index is 981. The van der Waals surface area contributed by atoms with Gasteiger partial charge in [-0.05, 0) is 55.2 Å². The summed E-state index contributed by atoms with van der Waals surface area (Å²) in [5, 5.41) is 3.24. The number of hydrogen-bond donors (Lipinski definition) is 1. The molecule has 164 valence electrons. The fourth-order valence-electron chi connectivity index (χ4n) is 4.77. The van der Waals surface area contributed by atoms with E-state index in [0.29, 0.717) is 23.7 Å². The van der Waals surface area contributed by atoms with Crippen LogP contribution in [0.3, 0.4) is 0 Å². The first-order valence-electron chi connectivity index (χ1n) is 11.3. The van der Waals surface area contributed by atoms with Crippen molar-refractivity contribution < 1.29 is 14.3 Å². The van der Waals surface area contributed by atoms with Crippen molar-refractivity contribution in [3.8, 4) is 16.9 Å². The molecule has 0 unspecified atom stereocenters. The van der Waals surface area contributed by atoms with Crippen LogP contribution in [0.4, 0.5) is 0 Å². The van der Waals surface area contributed by atoms with Crippen LogP contribution in [0.15, 0.2) is 36.4 Å². The molecule has 2 aliphatic heterocycles. The third kappa shape index (κ3) is 4.07. The van der Waals surface area contributed by atoms with Crippen molar-refractivity contribution in [1.29, 1.82) is 0 Å². The molecule has 1 saturated carbocycles. The Morgan fingerprint density at radius 2 is 1.90 bits per heavy atom. The van der Waals surface area contributed by atoms with Gasteiger partial charge in [-0.1, -0.05) is 30.2 Å². The van der Waals surface area contributed by atoms with Gasteiger partial charge in [0.25, 0.3) is 5.91 Å². The zero-order valence-corrected chi connectivity index (χ0v) is 18.7. The lowest BCUT2D eigenvalue weighted by Crippen LogP contribution is -2.54. The molecule has 2 fully saturated rings. The van der Waals surface area contributed by atoms with E-state index in [0.717, 1.165) is 54.4 Å². The lowest BCUT2D eigenvalue weighted by Gasteiger charge is -2.47. The number of benzene rings is 2. The van der Waals surface area contributed by atoms with Crippen LogP contribution >= 0.6 is 11.6 Å². The summed E-state index contributed by atoms with van der Waals surface area (Å²) < 4.78 is 12.7. The number of halogens is 1. The highest BCUT2D eigenvalue weighted by Gasteiger charge is 2.42. The minimum absolute atomic E-state index is 0.153. The molecule has 1 aliphatic carbocycles. The topological polar surface area (TPSA) is 50.8 Å². The molecular weight excluding hydrogens is 412 g/mol. The van der Waals surface area contributed by atoms with Crippen LogP contribution < -0.4 is 10.1 Å². The van der Waals surface area contributed by atoms with Crippen molar-refractivity contribution in [1.82, 2.24) is 10.2 Å². The van der Waals surface area contributed by atoms with Crippen LogP contribution in [-0.2, 0) is 11.3 Å². The van der Waals surface area contributed by atoms with E-state index in [1.807, 2.05) is 25.1 Å². The molecule has 6 heteroatoms. The maximum absolute atomic E-state index is 12.1. The number of hydrogen-bond acceptors (Lipinski definition) is 4. The van der Waals surface area contributed by atoms with Gasteiger partial charge in [0.05, 0.1) is 17.2 Å². The predicted octanol–water partition coefficient (Wildman–Crippen LogP) is 5.01. The maximum atomic E-state index is 12.1. The average molecular weight is 441 g/mol. The van der Waals surface area contributed by atoms with Crippen LogP contribution in [0.1, 0.15) is 54.9 Å². The van der Waals surface area contributed by atoms with Crippen molar-refractivity contribution >= 4 is 17.5 Å². The van der Waals surface area contributed by atoms with Gasteiger partial charge in [-0.25, -0.2) is 0 Å². The van der Waals surface area contributed by atoms with E-state index in [1.54, 1.807) is 6.07 Å². The van der Waals surface area contributed by atoms with Crippen LogP contribution in [0.5, 0.6) is 5.75 Å². The van der Waals surface area contributed by atoms with E-state index in [2.05, 4.69) is 22.3 Å². The third-order valence-electron chi connectivity index (χ3n) is 6.88. The van der Waals surface area contributed by atoms with Gasteiger partial charge in [0.15, 0.2) is 0 Å². The van der Waals surface area contributed by atoms with Gasteiger partial charge in [-0.2, -0.15) is 0 Å². The molecule has 1 amide bonds. The smallest absolute Gasteiger partial charge is 0.252 e. The molecule has 0 radical (unpaired) electrons. The van der Waals surface area contributed by atoms with E-state index < -0.39 is 5.79 Å². The lowest BCUT2D eigenvalue weighted by molar-refractivity contribution is -0.231. The average Bonchev–Trinajstić information content (AvgIpc) is 2.74. The van der Waals surface area contributed by atoms with Gasteiger partial charge in [0.2, 0.25) is 5.79 Å². The van der Waals surface area contributed by atoms with E-state index in [4.69, 9.17) is 21.1 Å². The Morgan fingerprint density at radius 3 is 2.58 bits per heavy atom. The van der Waals surface area contributed by atoms with Crippen LogP contribution in [0.25, 0.3) is 11.1 Å². The van der Waals surface area contributed by atoms with E-state index in [1.165, 1.54) is 19.3 Å². The summed E-state index contributed by atoms with van der Waals surface area (Å²) in [6, 6.07) is 12.5. The summed E-state index contributed by atoms with van der Waals surface area (Å²) in [6.45, 7) is 5.11. The zero-order valence-electron chi connectivity index (χ0n) is 18.0. The van der Waals surface area contributed by atoms with Crippen molar-refractivity contribution in [2.75, 3.05) is 19.6 Å². The number of carbonyl (C=O) groups is 1. The highest BCUT2D eigenvalue weighted by atomic mass is 35.5. The number of rotatable bonds is 4. The van der Waals surface area contributed by atoms with Crippen LogP contribution in [0, 0.1) is 0 Å². The monoisotopic (exact) mass is 440 g/mol. The summed E-state index contributed by atoms with van der Waals surface area (Å²) in [6.07, 6.45) is 5.89. The molecule has 1 spiro atoms. The molecule has 31 heavy (non-hydrogen) atoms. The number of ether oxygens (including phenoxy) is 2. The molecule has 3 aliphatic rings. The Labute approximate surface area is 188 Å². The number of carbonyl (C=O) groups excluding carboxylic acids is 1. The van der Waals surface area contributed by atoms with Crippen molar-refractivity contribution in [3.63, 3.8) is 0 Å². The number of piperidine rings is 1. The minimum atomic E-state index is -0.480. The Kier molecular flexibility index (Phi) is 5.67. The first-order valence-corrected chi connectivity index (χ1v) is 11.7. The van der Waals surface area contributed by atoms with Crippen molar-refractivity contribution in [2.45, 2.75) is 57.5 Å². The summed E-state index contributed by atoms with van der Waals surface area (Å²) in [7, 11) is 0. The fourth-order valence-corrected chi connectivity index (χ4v) is 5.04. The van der Waals surface area contributed by atoms with Gasteiger partial charge in [0, 0.05) is 44.1 Å². The molecule has 2 aromatic rings. The van der Waals surface area contributed by atoms with Gasteiger partial charge in [-0.3, -0.25) is 9.69 Å². The highest BCUT2D eigenvalue weighted by Crippen LogP contribution is 2.40. The van der Waals surface area contributed by atoms with E-state index in [-0.39, 0.29) is 5.91 Å². The van der Waals surface area contributed by atoms with Gasteiger partial charge in [-0.15, -0.1) is 0 Å². The third-order valence-corrected chi connectivity index (χ3v) is 7.20. The second kappa shape index (κ2) is 8.45. The number of nitrogens with one attached hydrogen (secondary N) is 1. The Hall–Kier alpha value is -2.08. The summed E-state index contributed by atoms with van der Waals surface area (Å²) in [4.78, 5) is 14.7. The summed E-state index contributed by atoms with van der Waals surface area (Å²) in [5.74, 6) is 0.281. The molecule has 2 aromatic carbocycles. The molecule has 0 aromatic heterocycles. The molecule has 0 atom stereocenters. The Morgan fingerprint density at radius 1 is 1.16 bits per heavy atom. The first kappa shape index (κ1) is 20.8. The minimum Gasteiger partial charge on any atom is -0.462 e. The number of fused-ring (bicyclic) bond motifs is 1. The molecule has 0 bridgehead atoms. The summed E-state index contributed by atoms with van der Waals surface area (Å²) in [5.41, 5.74) is 3.54. The maximum Gasteiger partial charge on any atom is 0.252 e. The zero-order chi connectivity index (χ0) is 21.4. The van der Waals surface area contributed by atoms with Gasteiger partial charge >= 0.3 is 0 Å². The number of nitrogens with zero attached hydrogens (tertiary/aromatic N) is 1. The first-order chi connectivity index (χ1) is 15.1. The second-order valence-electron chi connectivity index (χ2n) is 8.80. The van der Waals surface area contributed by atoms with Crippen molar-refractivity contribution in [3.05, 3.63) is 52.5 Å².